The van der Waals surface area contributed by atoms with Gasteiger partial charge in [0.2, 0.25) is 10.0 Å². The Kier molecular flexibility index (Phi) is 4.87. The summed E-state index contributed by atoms with van der Waals surface area (Å²) in [5.74, 6) is -1.42. The summed E-state index contributed by atoms with van der Waals surface area (Å²) in [4.78, 5) is 15.7. The average Bonchev–Trinajstić information content (AvgIpc) is 3.00. The molecule has 0 saturated carbocycles. The van der Waals surface area contributed by atoms with Gasteiger partial charge in [0.15, 0.2) is 0 Å². The van der Waals surface area contributed by atoms with Crippen molar-refractivity contribution in [3.05, 3.63) is 65.4 Å². The van der Waals surface area contributed by atoms with Gasteiger partial charge in [-0.3, -0.25) is 4.79 Å². The SMILES string of the molecule is CN(C1CCc2c(CC(=O)O)c3ncccn3c2C1)S(=O)(=O)c1ccc(F)cc1. The highest BCUT2D eigenvalue weighted by atomic mass is 32.2. The predicted molar refractivity (Wildman–Crippen MR) is 104 cm³/mol. The Morgan fingerprint density at radius 3 is 2.76 bits per heavy atom. The van der Waals surface area contributed by atoms with Gasteiger partial charge in [0, 0.05) is 43.2 Å². The number of nitrogens with zero attached hydrogens (tertiary/aromatic N) is 3. The minimum atomic E-state index is -3.78. The Labute approximate surface area is 167 Å². The van der Waals surface area contributed by atoms with E-state index in [0.717, 1.165) is 23.4 Å². The maximum Gasteiger partial charge on any atom is 0.307 e. The summed E-state index contributed by atoms with van der Waals surface area (Å²) in [5.41, 5.74) is 3.12. The zero-order chi connectivity index (χ0) is 20.8. The van der Waals surface area contributed by atoms with Crippen molar-refractivity contribution in [3.63, 3.8) is 0 Å². The van der Waals surface area contributed by atoms with E-state index in [1.54, 1.807) is 12.3 Å². The van der Waals surface area contributed by atoms with Crippen molar-refractivity contribution in [1.29, 1.82) is 0 Å². The standard InChI is InChI=1S/C20H20FN3O4S/c1-23(29(27,28)15-6-3-13(21)4-7-15)14-5-8-16-17(12-19(25)26)20-22-9-2-10-24(20)18(16)11-14/h2-4,6-7,9-10,14H,5,8,11-12H2,1H3,(H,25,26). The summed E-state index contributed by atoms with van der Waals surface area (Å²) in [6.45, 7) is 0. The zero-order valence-corrected chi connectivity index (χ0v) is 16.6. The largest absolute Gasteiger partial charge is 0.481 e. The number of benzene rings is 1. The van der Waals surface area contributed by atoms with Crippen LogP contribution in [0.15, 0.2) is 47.6 Å². The normalized spacial score (nSPS) is 16.9. The van der Waals surface area contributed by atoms with Gasteiger partial charge in [0.05, 0.1) is 11.3 Å². The van der Waals surface area contributed by atoms with Crippen molar-refractivity contribution in [2.75, 3.05) is 7.05 Å². The van der Waals surface area contributed by atoms with E-state index in [9.17, 15) is 22.7 Å². The minimum absolute atomic E-state index is 0.0421. The smallest absolute Gasteiger partial charge is 0.307 e. The number of rotatable bonds is 5. The van der Waals surface area contributed by atoms with Crippen molar-refractivity contribution >= 4 is 21.6 Å². The lowest BCUT2D eigenvalue weighted by Gasteiger charge is -2.31. The molecule has 2 aromatic heterocycles. The molecule has 0 radical (unpaired) electrons. The molecule has 152 valence electrons. The van der Waals surface area contributed by atoms with E-state index in [4.69, 9.17) is 0 Å². The quantitative estimate of drug-likeness (QED) is 0.688. The first kappa shape index (κ1) is 19.5. The third-order valence-electron chi connectivity index (χ3n) is 5.51. The molecule has 1 N–H and O–H groups in total. The maximum atomic E-state index is 13.2. The molecule has 0 saturated heterocycles. The number of likely N-dealkylation sites (N-methyl/N-ethyl adjacent to an activating group) is 1. The predicted octanol–water partition coefficient (Wildman–Crippen LogP) is 2.28. The van der Waals surface area contributed by atoms with Crippen molar-refractivity contribution in [3.8, 4) is 0 Å². The highest BCUT2D eigenvalue weighted by Crippen LogP contribution is 2.33. The molecule has 0 amide bonds. The third-order valence-corrected chi connectivity index (χ3v) is 7.43. The molecule has 4 rings (SSSR count). The fraction of sp³-hybridized carbons (Fsp3) is 0.300. The van der Waals surface area contributed by atoms with Crippen LogP contribution in [0.3, 0.4) is 0 Å². The van der Waals surface area contributed by atoms with Crippen LogP contribution in [0.1, 0.15) is 23.2 Å². The number of halogens is 1. The van der Waals surface area contributed by atoms with Gasteiger partial charge in [-0.1, -0.05) is 0 Å². The van der Waals surface area contributed by atoms with Crippen LogP contribution in [0.25, 0.3) is 5.65 Å². The van der Waals surface area contributed by atoms with E-state index < -0.39 is 21.8 Å². The summed E-state index contributed by atoms with van der Waals surface area (Å²) in [6.07, 6.45) is 4.89. The number of aliphatic carboxylic acids is 1. The number of fused-ring (bicyclic) bond motifs is 3. The zero-order valence-electron chi connectivity index (χ0n) is 15.7. The second kappa shape index (κ2) is 7.23. The lowest BCUT2D eigenvalue weighted by Crippen LogP contribution is -2.40. The molecule has 2 heterocycles. The second-order valence-corrected chi connectivity index (χ2v) is 9.16. The number of aromatic nitrogens is 2. The Morgan fingerprint density at radius 1 is 1.34 bits per heavy atom. The van der Waals surface area contributed by atoms with Gasteiger partial charge in [-0.2, -0.15) is 4.31 Å². The van der Waals surface area contributed by atoms with E-state index in [0.29, 0.717) is 30.5 Å². The summed E-state index contributed by atoms with van der Waals surface area (Å²) >= 11 is 0. The fourth-order valence-electron chi connectivity index (χ4n) is 4.04. The molecule has 29 heavy (non-hydrogen) atoms. The number of sulfonamides is 1. The lowest BCUT2D eigenvalue weighted by atomic mass is 9.90. The molecule has 0 fully saturated rings. The Balaban J connectivity index is 1.70. The summed E-state index contributed by atoms with van der Waals surface area (Å²) in [6, 6.07) is 6.25. The van der Waals surface area contributed by atoms with Crippen LogP contribution in [-0.2, 0) is 34.1 Å². The van der Waals surface area contributed by atoms with Crippen LogP contribution in [0.2, 0.25) is 0 Å². The molecule has 9 heteroatoms. The van der Waals surface area contributed by atoms with Gasteiger partial charge < -0.3 is 9.51 Å². The van der Waals surface area contributed by atoms with Gasteiger partial charge in [0.25, 0.3) is 0 Å². The number of carboxylic acids is 1. The van der Waals surface area contributed by atoms with Gasteiger partial charge in [-0.05, 0) is 48.7 Å². The van der Waals surface area contributed by atoms with Gasteiger partial charge >= 0.3 is 5.97 Å². The topological polar surface area (TPSA) is 92.0 Å². The van der Waals surface area contributed by atoms with Crippen LogP contribution < -0.4 is 0 Å². The molecule has 0 spiro atoms. The van der Waals surface area contributed by atoms with E-state index in [-0.39, 0.29) is 17.4 Å². The van der Waals surface area contributed by atoms with Crippen molar-refractivity contribution in [2.45, 2.75) is 36.6 Å². The molecule has 1 aliphatic rings. The van der Waals surface area contributed by atoms with Crippen LogP contribution in [0, 0.1) is 5.82 Å². The lowest BCUT2D eigenvalue weighted by molar-refractivity contribution is -0.136. The third kappa shape index (κ3) is 3.40. The molecule has 1 aromatic carbocycles. The molecule has 1 aliphatic carbocycles. The monoisotopic (exact) mass is 417 g/mol. The highest BCUT2D eigenvalue weighted by Gasteiger charge is 2.34. The second-order valence-electron chi connectivity index (χ2n) is 7.16. The van der Waals surface area contributed by atoms with Crippen molar-refractivity contribution in [1.82, 2.24) is 13.7 Å². The number of hydrogen-bond donors (Lipinski definition) is 1. The number of hydrogen-bond acceptors (Lipinski definition) is 4. The van der Waals surface area contributed by atoms with E-state index in [1.807, 2.05) is 10.6 Å². The maximum absolute atomic E-state index is 13.2. The van der Waals surface area contributed by atoms with Crippen LogP contribution in [-0.4, -0.2) is 46.3 Å². The molecule has 0 aliphatic heterocycles. The first-order valence-electron chi connectivity index (χ1n) is 9.20. The molecule has 0 bridgehead atoms. The van der Waals surface area contributed by atoms with E-state index in [1.165, 1.54) is 23.5 Å². The molecule has 7 nitrogen and oxygen atoms in total. The van der Waals surface area contributed by atoms with Crippen LogP contribution in [0.4, 0.5) is 4.39 Å². The Morgan fingerprint density at radius 2 is 2.07 bits per heavy atom. The van der Waals surface area contributed by atoms with Crippen LogP contribution >= 0.6 is 0 Å². The summed E-state index contributed by atoms with van der Waals surface area (Å²) < 4.78 is 42.3. The summed E-state index contributed by atoms with van der Waals surface area (Å²) in [7, 11) is -2.25. The molecule has 1 unspecified atom stereocenters. The molecule has 3 aromatic rings. The van der Waals surface area contributed by atoms with Crippen LogP contribution in [0.5, 0.6) is 0 Å². The Hall–Kier alpha value is -2.78. The van der Waals surface area contributed by atoms with Crippen molar-refractivity contribution < 1.29 is 22.7 Å². The number of carbonyl (C=O) groups is 1. The molecular weight excluding hydrogens is 397 g/mol. The number of carboxylic acid groups (broad SMARTS) is 1. The van der Waals surface area contributed by atoms with E-state index >= 15 is 0 Å². The first-order chi connectivity index (χ1) is 13.8. The minimum Gasteiger partial charge on any atom is -0.481 e. The van der Waals surface area contributed by atoms with Gasteiger partial charge in [-0.25, -0.2) is 17.8 Å². The Bertz CT molecular complexity index is 1190. The first-order valence-corrected chi connectivity index (χ1v) is 10.6. The fourth-order valence-corrected chi connectivity index (χ4v) is 5.42. The molecule has 1 atom stereocenters. The van der Waals surface area contributed by atoms with Gasteiger partial charge in [0.1, 0.15) is 11.5 Å². The van der Waals surface area contributed by atoms with E-state index in [2.05, 4.69) is 4.98 Å². The van der Waals surface area contributed by atoms with Crippen molar-refractivity contribution in [2.24, 2.45) is 0 Å². The summed E-state index contributed by atoms with van der Waals surface area (Å²) in [5, 5.41) is 9.29. The van der Waals surface area contributed by atoms with Gasteiger partial charge in [-0.15, -0.1) is 0 Å². The average molecular weight is 417 g/mol. The molecular formula is C20H20FN3O4S. The highest BCUT2D eigenvalue weighted by molar-refractivity contribution is 7.89.